The highest BCUT2D eigenvalue weighted by Crippen LogP contribution is 2.29. The van der Waals surface area contributed by atoms with E-state index in [0.717, 1.165) is 22.3 Å². The van der Waals surface area contributed by atoms with Gasteiger partial charge in [0.15, 0.2) is 0 Å². The summed E-state index contributed by atoms with van der Waals surface area (Å²) >= 11 is 0. The van der Waals surface area contributed by atoms with Gasteiger partial charge in [-0.2, -0.15) is 5.26 Å². The molecule has 0 radical (unpaired) electrons. The van der Waals surface area contributed by atoms with Crippen LogP contribution in [0.1, 0.15) is 34.7 Å². The number of nitrogens with one attached hydrogen (secondary N) is 2. The van der Waals surface area contributed by atoms with Crippen molar-refractivity contribution in [3.8, 4) is 28.7 Å². The second-order valence-electron chi connectivity index (χ2n) is 9.39. The molecule has 1 amide bonds. The molecule has 0 fully saturated rings. The van der Waals surface area contributed by atoms with E-state index in [1.807, 2.05) is 48.5 Å². The number of hydrogen-bond donors (Lipinski definition) is 2. The minimum Gasteiger partial charge on any atom is -0.489 e. The van der Waals surface area contributed by atoms with Crippen LogP contribution in [0.25, 0.3) is 11.1 Å². The molecule has 7 heteroatoms. The summed E-state index contributed by atoms with van der Waals surface area (Å²) < 4.78 is 26.1. The molecule has 6 nitrogen and oxygen atoms in total. The van der Waals surface area contributed by atoms with E-state index in [9.17, 15) is 9.18 Å². The van der Waals surface area contributed by atoms with Crippen LogP contribution in [0.3, 0.4) is 0 Å². The molecule has 0 saturated heterocycles. The minimum absolute atomic E-state index is 0.0221. The van der Waals surface area contributed by atoms with Crippen molar-refractivity contribution in [3.05, 3.63) is 119 Å². The van der Waals surface area contributed by atoms with Crippen LogP contribution >= 0.6 is 0 Å². The number of rotatable bonds is 12. The number of carbonyl (C=O) groups excluding carboxylic acids is 1. The Hall–Kier alpha value is -4.67. The zero-order valence-corrected chi connectivity index (χ0v) is 22.7. The van der Waals surface area contributed by atoms with Gasteiger partial charge in [0.25, 0.3) is 0 Å². The molecule has 40 heavy (non-hydrogen) atoms. The summed E-state index contributed by atoms with van der Waals surface area (Å²) in [6.45, 7) is 5.76. The Balaban J connectivity index is 1.49. The quantitative estimate of drug-likeness (QED) is 0.215. The van der Waals surface area contributed by atoms with Crippen molar-refractivity contribution in [1.82, 2.24) is 10.6 Å². The zero-order chi connectivity index (χ0) is 28.3. The standard InChI is InChI=1S/C33H32FN3O3/c1-23-28(9-6-10-31(23)26-7-4-3-5-8-26)22-39-30-13-12-27(20-36-15-16-37-24(2)38)33(18-30)40-21-25-11-14-32(34)29(17-25)19-35/h3-14,17-18,36H,15-16,20-22H2,1-2H3,(H,37,38). The summed E-state index contributed by atoms with van der Waals surface area (Å²) in [5.74, 6) is 0.630. The molecule has 4 rings (SSSR count). The largest absolute Gasteiger partial charge is 0.489 e. The third kappa shape index (κ3) is 7.68. The summed E-state index contributed by atoms with van der Waals surface area (Å²) in [6.07, 6.45) is 0. The van der Waals surface area contributed by atoms with Crippen LogP contribution in [0.2, 0.25) is 0 Å². The van der Waals surface area contributed by atoms with E-state index in [2.05, 4.69) is 41.8 Å². The first-order valence-electron chi connectivity index (χ1n) is 13.1. The number of amides is 1. The van der Waals surface area contributed by atoms with E-state index in [1.54, 1.807) is 6.07 Å². The van der Waals surface area contributed by atoms with Crippen molar-refractivity contribution in [2.45, 2.75) is 33.6 Å². The van der Waals surface area contributed by atoms with E-state index < -0.39 is 5.82 Å². The Bertz CT molecular complexity index is 1500. The molecule has 0 spiro atoms. The van der Waals surface area contributed by atoms with Gasteiger partial charge in [-0.15, -0.1) is 0 Å². The maximum Gasteiger partial charge on any atom is 0.216 e. The van der Waals surface area contributed by atoms with Gasteiger partial charge in [0.1, 0.15) is 36.6 Å². The van der Waals surface area contributed by atoms with Gasteiger partial charge in [-0.3, -0.25) is 4.79 Å². The number of carbonyl (C=O) groups is 1. The van der Waals surface area contributed by atoms with Crippen molar-refractivity contribution in [3.63, 3.8) is 0 Å². The molecule has 0 atom stereocenters. The van der Waals surface area contributed by atoms with Crippen LogP contribution in [0, 0.1) is 24.1 Å². The van der Waals surface area contributed by atoms with E-state index >= 15 is 0 Å². The number of hydrogen-bond acceptors (Lipinski definition) is 5. The van der Waals surface area contributed by atoms with Crippen LogP contribution in [0.4, 0.5) is 4.39 Å². The van der Waals surface area contributed by atoms with Gasteiger partial charge < -0.3 is 20.1 Å². The van der Waals surface area contributed by atoms with Gasteiger partial charge >= 0.3 is 0 Å². The van der Waals surface area contributed by atoms with Crippen molar-refractivity contribution in [2.24, 2.45) is 0 Å². The lowest BCUT2D eigenvalue weighted by atomic mass is 9.97. The Kier molecular flexibility index (Phi) is 9.87. The van der Waals surface area contributed by atoms with Crippen molar-refractivity contribution >= 4 is 5.91 Å². The number of nitriles is 1. The molecular formula is C33H32FN3O3. The van der Waals surface area contributed by atoms with Crippen molar-refractivity contribution in [2.75, 3.05) is 13.1 Å². The lowest BCUT2D eigenvalue weighted by Crippen LogP contribution is -2.30. The second-order valence-corrected chi connectivity index (χ2v) is 9.39. The normalized spacial score (nSPS) is 10.6. The van der Waals surface area contributed by atoms with Crippen molar-refractivity contribution < 1.29 is 18.7 Å². The molecular weight excluding hydrogens is 505 g/mol. The molecule has 0 heterocycles. The Labute approximate surface area is 234 Å². The fraction of sp³-hybridized carbons (Fsp3) is 0.212. The summed E-state index contributed by atoms with van der Waals surface area (Å²) in [5, 5.41) is 15.2. The van der Waals surface area contributed by atoms with Gasteiger partial charge in [-0.25, -0.2) is 4.39 Å². The van der Waals surface area contributed by atoms with Gasteiger partial charge in [-0.05, 0) is 52.9 Å². The van der Waals surface area contributed by atoms with Crippen LogP contribution in [0.15, 0.2) is 84.9 Å². The van der Waals surface area contributed by atoms with Gasteiger partial charge in [-0.1, -0.05) is 60.7 Å². The summed E-state index contributed by atoms with van der Waals surface area (Å²) in [7, 11) is 0. The first kappa shape index (κ1) is 28.3. The molecule has 4 aromatic rings. The fourth-order valence-electron chi connectivity index (χ4n) is 4.30. The fourth-order valence-corrected chi connectivity index (χ4v) is 4.30. The first-order chi connectivity index (χ1) is 19.4. The SMILES string of the molecule is CC(=O)NCCNCc1ccc(OCc2cccc(-c3ccccc3)c2C)cc1OCc1ccc(F)c(C#N)c1. The molecule has 204 valence electrons. The second kappa shape index (κ2) is 13.9. The van der Waals surface area contributed by atoms with Gasteiger partial charge in [0.05, 0.1) is 5.56 Å². The van der Waals surface area contributed by atoms with Crippen LogP contribution in [-0.4, -0.2) is 19.0 Å². The third-order valence-electron chi connectivity index (χ3n) is 6.50. The monoisotopic (exact) mass is 537 g/mol. The summed E-state index contributed by atoms with van der Waals surface area (Å²) in [5.41, 5.74) is 6.14. The highest BCUT2D eigenvalue weighted by atomic mass is 19.1. The molecule has 0 aliphatic rings. The van der Waals surface area contributed by atoms with E-state index in [-0.39, 0.29) is 18.1 Å². The number of halogens is 1. The van der Waals surface area contributed by atoms with Gasteiger partial charge in [0.2, 0.25) is 5.91 Å². The molecule has 0 aliphatic carbocycles. The average molecular weight is 538 g/mol. The average Bonchev–Trinajstić information content (AvgIpc) is 2.97. The maximum atomic E-state index is 13.8. The molecule has 0 saturated carbocycles. The molecule has 2 N–H and O–H groups in total. The number of nitrogens with zero attached hydrogens (tertiary/aromatic N) is 1. The molecule has 4 aromatic carbocycles. The highest BCUT2D eigenvalue weighted by molar-refractivity contribution is 5.72. The Morgan fingerprint density at radius 2 is 1.73 bits per heavy atom. The number of ether oxygens (including phenoxy) is 2. The maximum absolute atomic E-state index is 13.8. The van der Waals surface area contributed by atoms with E-state index in [0.29, 0.717) is 43.3 Å². The highest BCUT2D eigenvalue weighted by Gasteiger charge is 2.11. The Morgan fingerprint density at radius 3 is 2.50 bits per heavy atom. The van der Waals surface area contributed by atoms with Crippen LogP contribution in [0.5, 0.6) is 11.5 Å². The van der Waals surface area contributed by atoms with Crippen LogP contribution in [-0.2, 0) is 24.6 Å². The van der Waals surface area contributed by atoms with Crippen molar-refractivity contribution in [1.29, 1.82) is 5.26 Å². The van der Waals surface area contributed by atoms with Crippen LogP contribution < -0.4 is 20.1 Å². The number of benzene rings is 4. The first-order valence-corrected chi connectivity index (χ1v) is 13.1. The molecule has 0 bridgehead atoms. The third-order valence-corrected chi connectivity index (χ3v) is 6.50. The molecule has 0 aliphatic heterocycles. The smallest absolute Gasteiger partial charge is 0.216 e. The molecule has 0 unspecified atom stereocenters. The minimum atomic E-state index is -0.558. The summed E-state index contributed by atoms with van der Waals surface area (Å²) in [6, 6.07) is 28.4. The lowest BCUT2D eigenvalue weighted by molar-refractivity contribution is -0.118. The summed E-state index contributed by atoms with van der Waals surface area (Å²) in [4.78, 5) is 11.1. The predicted molar refractivity (Wildman–Crippen MR) is 153 cm³/mol. The molecule has 0 aromatic heterocycles. The Morgan fingerprint density at radius 1 is 0.900 bits per heavy atom. The zero-order valence-electron chi connectivity index (χ0n) is 22.7. The lowest BCUT2D eigenvalue weighted by Gasteiger charge is -2.16. The topological polar surface area (TPSA) is 83.4 Å². The van der Waals surface area contributed by atoms with E-state index in [1.165, 1.54) is 24.6 Å². The van der Waals surface area contributed by atoms with E-state index in [4.69, 9.17) is 14.7 Å². The predicted octanol–water partition coefficient (Wildman–Crippen LogP) is 6.06. The van der Waals surface area contributed by atoms with Gasteiger partial charge in [0, 0.05) is 38.2 Å².